The third-order valence-electron chi connectivity index (χ3n) is 5.64. The normalized spacial score (nSPS) is 15.5. The molecule has 1 saturated heterocycles. The van der Waals surface area contributed by atoms with Gasteiger partial charge in [0.15, 0.2) is 5.11 Å². The van der Waals surface area contributed by atoms with Crippen molar-refractivity contribution in [1.29, 1.82) is 0 Å². The summed E-state index contributed by atoms with van der Waals surface area (Å²) in [6.45, 7) is 0.490. The number of nitrogens with zero attached hydrogens (tertiary/aromatic N) is 2. The van der Waals surface area contributed by atoms with Gasteiger partial charge in [-0.25, -0.2) is 0 Å². The summed E-state index contributed by atoms with van der Waals surface area (Å²) in [5.41, 5.74) is 2.38. The molecule has 3 aromatic rings. The number of methoxy groups -OCH3 is 1. The van der Waals surface area contributed by atoms with Crippen molar-refractivity contribution in [3.8, 4) is 5.75 Å². The van der Waals surface area contributed by atoms with Gasteiger partial charge in [-0.15, -0.1) is 0 Å². The van der Waals surface area contributed by atoms with Crippen LogP contribution in [0.15, 0.2) is 78.9 Å². The fraction of sp³-hybridized carbons (Fsp3) is 0.192. The summed E-state index contributed by atoms with van der Waals surface area (Å²) >= 11 is 11.7. The molecule has 1 N–H and O–H groups in total. The SMILES string of the molecule is COc1ccc(CCN2C(=S)N(c3ccc(Cl)cc3)C(=O)C2CC(=O)Nc2ccccc2)cc1. The van der Waals surface area contributed by atoms with Gasteiger partial charge in [0.25, 0.3) is 5.91 Å². The molecular weight excluding hydrogens is 470 g/mol. The Morgan fingerprint density at radius 2 is 1.71 bits per heavy atom. The molecule has 8 heteroatoms. The summed E-state index contributed by atoms with van der Waals surface area (Å²) in [6, 6.07) is 23.1. The molecule has 2 amide bonds. The monoisotopic (exact) mass is 493 g/mol. The number of ether oxygens (including phenoxy) is 1. The Hall–Kier alpha value is -3.42. The first kappa shape index (κ1) is 23.7. The van der Waals surface area contributed by atoms with Gasteiger partial charge < -0.3 is 15.0 Å². The molecule has 0 aromatic heterocycles. The van der Waals surface area contributed by atoms with Crippen LogP contribution in [0.1, 0.15) is 12.0 Å². The topological polar surface area (TPSA) is 61.9 Å². The molecule has 174 valence electrons. The number of thiocarbonyl (C=S) groups is 1. The number of nitrogens with one attached hydrogen (secondary N) is 1. The van der Waals surface area contributed by atoms with Gasteiger partial charge in [-0.05, 0) is 72.7 Å². The van der Waals surface area contributed by atoms with Gasteiger partial charge in [-0.3, -0.25) is 14.5 Å². The molecule has 1 aliphatic rings. The van der Waals surface area contributed by atoms with E-state index in [0.29, 0.717) is 34.5 Å². The van der Waals surface area contributed by atoms with Crippen molar-refractivity contribution in [2.24, 2.45) is 0 Å². The molecule has 6 nitrogen and oxygen atoms in total. The number of rotatable bonds is 8. The standard InChI is InChI=1S/C26H24ClN3O3S/c1-33-22-13-7-18(8-14-22)15-16-29-23(17-24(31)28-20-5-3-2-4-6-20)25(32)30(26(29)34)21-11-9-19(27)10-12-21/h2-14,23H,15-17H2,1H3,(H,28,31). The first-order chi connectivity index (χ1) is 16.5. The van der Waals surface area contributed by atoms with Gasteiger partial charge in [-0.2, -0.15) is 0 Å². The quantitative estimate of drug-likeness (QED) is 0.451. The molecule has 1 heterocycles. The minimum atomic E-state index is -0.704. The smallest absolute Gasteiger partial charge is 0.256 e. The van der Waals surface area contributed by atoms with E-state index in [9.17, 15) is 9.59 Å². The highest BCUT2D eigenvalue weighted by atomic mass is 35.5. The van der Waals surface area contributed by atoms with E-state index in [1.807, 2.05) is 47.4 Å². The third kappa shape index (κ3) is 5.38. The molecule has 1 aliphatic heterocycles. The van der Waals surface area contributed by atoms with E-state index in [0.717, 1.165) is 11.3 Å². The second kappa shape index (κ2) is 10.7. The average molecular weight is 494 g/mol. The highest BCUT2D eigenvalue weighted by Crippen LogP contribution is 2.29. The first-order valence-corrected chi connectivity index (χ1v) is 11.6. The van der Waals surface area contributed by atoms with Gasteiger partial charge >= 0.3 is 0 Å². The van der Waals surface area contributed by atoms with Crippen LogP contribution in [-0.4, -0.2) is 41.5 Å². The minimum Gasteiger partial charge on any atom is -0.497 e. The van der Waals surface area contributed by atoms with E-state index in [4.69, 9.17) is 28.6 Å². The maximum Gasteiger partial charge on any atom is 0.256 e. The van der Waals surface area contributed by atoms with Crippen LogP contribution in [0.25, 0.3) is 0 Å². The molecule has 0 radical (unpaired) electrons. The Kier molecular flexibility index (Phi) is 7.45. The van der Waals surface area contributed by atoms with Gasteiger partial charge in [0, 0.05) is 17.3 Å². The lowest BCUT2D eigenvalue weighted by Gasteiger charge is -2.24. The van der Waals surface area contributed by atoms with Gasteiger partial charge in [0.1, 0.15) is 11.8 Å². The van der Waals surface area contributed by atoms with Gasteiger partial charge in [-0.1, -0.05) is 41.9 Å². The molecule has 3 aromatic carbocycles. The fourth-order valence-electron chi connectivity index (χ4n) is 3.87. The Morgan fingerprint density at radius 3 is 2.35 bits per heavy atom. The lowest BCUT2D eigenvalue weighted by molar-refractivity contribution is -0.124. The summed E-state index contributed by atoms with van der Waals surface area (Å²) in [5, 5.41) is 3.80. The Labute approximate surface area is 209 Å². The molecular formula is C26H24ClN3O3S. The summed E-state index contributed by atoms with van der Waals surface area (Å²) in [4.78, 5) is 29.6. The van der Waals surface area contributed by atoms with Gasteiger partial charge in [0.2, 0.25) is 5.91 Å². The predicted octanol–water partition coefficient (Wildman–Crippen LogP) is 4.92. The van der Waals surface area contributed by atoms with Crippen LogP contribution in [0, 0.1) is 0 Å². The molecule has 0 aliphatic carbocycles. The lowest BCUT2D eigenvalue weighted by Crippen LogP contribution is -2.39. The van der Waals surface area contributed by atoms with Crippen molar-refractivity contribution in [2.75, 3.05) is 23.9 Å². The minimum absolute atomic E-state index is 0.0133. The van der Waals surface area contributed by atoms with Crippen molar-refractivity contribution in [1.82, 2.24) is 4.90 Å². The van der Waals surface area contributed by atoms with Crippen LogP contribution in [0.3, 0.4) is 0 Å². The molecule has 0 saturated carbocycles. The third-order valence-corrected chi connectivity index (χ3v) is 6.31. The summed E-state index contributed by atoms with van der Waals surface area (Å²) in [7, 11) is 1.62. The van der Waals surface area contributed by atoms with Crippen LogP contribution in [0.4, 0.5) is 11.4 Å². The fourth-order valence-corrected chi connectivity index (χ4v) is 4.41. The van der Waals surface area contributed by atoms with Crippen LogP contribution in [0.5, 0.6) is 5.75 Å². The molecule has 34 heavy (non-hydrogen) atoms. The number of halogens is 1. The number of carbonyl (C=O) groups excluding carboxylic acids is 2. The second-order valence-corrected chi connectivity index (χ2v) is 8.66. The van der Waals surface area contributed by atoms with E-state index in [1.54, 1.807) is 43.5 Å². The molecule has 1 atom stereocenters. The lowest BCUT2D eigenvalue weighted by atomic mass is 10.1. The maximum absolute atomic E-state index is 13.5. The number of hydrogen-bond acceptors (Lipinski definition) is 4. The summed E-state index contributed by atoms with van der Waals surface area (Å²) < 4.78 is 5.22. The van der Waals surface area contributed by atoms with E-state index >= 15 is 0 Å². The molecule has 0 bridgehead atoms. The van der Waals surface area contributed by atoms with Crippen LogP contribution in [-0.2, 0) is 16.0 Å². The first-order valence-electron chi connectivity index (χ1n) is 10.8. The number of amides is 2. The highest BCUT2D eigenvalue weighted by molar-refractivity contribution is 7.80. The number of para-hydroxylation sites is 1. The van der Waals surface area contributed by atoms with Crippen molar-refractivity contribution in [3.63, 3.8) is 0 Å². The zero-order valence-corrected chi connectivity index (χ0v) is 20.2. The summed E-state index contributed by atoms with van der Waals surface area (Å²) in [6.07, 6.45) is 0.642. The van der Waals surface area contributed by atoms with E-state index in [2.05, 4.69) is 5.32 Å². The average Bonchev–Trinajstić information content (AvgIpc) is 3.08. The molecule has 0 spiro atoms. The van der Waals surface area contributed by atoms with Crippen molar-refractivity contribution < 1.29 is 14.3 Å². The van der Waals surface area contributed by atoms with Crippen molar-refractivity contribution in [3.05, 3.63) is 89.4 Å². The molecule has 1 unspecified atom stereocenters. The van der Waals surface area contributed by atoms with Gasteiger partial charge in [0.05, 0.1) is 19.2 Å². The Morgan fingerprint density at radius 1 is 1.03 bits per heavy atom. The second-order valence-electron chi connectivity index (χ2n) is 7.86. The number of hydrogen-bond donors (Lipinski definition) is 1. The largest absolute Gasteiger partial charge is 0.497 e. The van der Waals surface area contributed by atoms with E-state index in [1.165, 1.54) is 4.90 Å². The van der Waals surface area contributed by atoms with E-state index in [-0.39, 0.29) is 18.2 Å². The molecule has 1 fully saturated rings. The van der Waals surface area contributed by atoms with E-state index < -0.39 is 6.04 Å². The van der Waals surface area contributed by atoms with Crippen LogP contribution in [0.2, 0.25) is 5.02 Å². The number of carbonyl (C=O) groups is 2. The zero-order valence-electron chi connectivity index (χ0n) is 18.6. The molecule has 4 rings (SSSR count). The summed E-state index contributed by atoms with van der Waals surface area (Å²) in [5.74, 6) is 0.296. The maximum atomic E-state index is 13.5. The van der Waals surface area contributed by atoms with Crippen LogP contribution >= 0.6 is 23.8 Å². The number of anilines is 2. The predicted molar refractivity (Wildman–Crippen MR) is 138 cm³/mol. The highest BCUT2D eigenvalue weighted by Gasteiger charge is 2.43. The Balaban J connectivity index is 1.54. The van der Waals surface area contributed by atoms with Crippen molar-refractivity contribution in [2.45, 2.75) is 18.9 Å². The Bertz CT molecular complexity index is 1170. The zero-order chi connectivity index (χ0) is 24.1. The van der Waals surface area contributed by atoms with Crippen molar-refractivity contribution >= 4 is 52.1 Å². The number of benzene rings is 3. The van der Waals surface area contributed by atoms with Crippen LogP contribution < -0.4 is 15.0 Å².